The Balaban J connectivity index is 1.44. The lowest BCUT2D eigenvalue weighted by atomic mass is 10.2. The summed E-state index contributed by atoms with van der Waals surface area (Å²) in [6.07, 6.45) is 2.19. The van der Waals surface area contributed by atoms with Crippen molar-refractivity contribution in [1.82, 2.24) is 9.78 Å². The van der Waals surface area contributed by atoms with Gasteiger partial charge in [-0.1, -0.05) is 18.2 Å². The molecule has 0 bridgehead atoms. The quantitative estimate of drug-likeness (QED) is 0.734. The molecule has 8 heteroatoms. The van der Waals surface area contributed by atoms with E-state index in [-0.39, 0.29) is 24.8 Å². The highest BCUT2D eigenvalue weighted by Crippen LogP contribution is 2.34. The van der Waals surface area contributed by atoms with E-state index in [4.69, 9.17) is 9.47 Å². The lowest BCUT2D eigenvalue weighted by molar-refractivity contribution is -0.117. The normalized spacial score (nSPS) is 15.1. The highest BCUT2D eigenvalue weighted by Gasteiger charge is 2.20. The van der Waals surface area contributed by atoms with Gasteiger partial charge in [-0.15, -0.1) is 0 Å². The number of nitrogens with zero attached hydrogens (tertiary/aromatic N) is 3. The van der Waals surface area contributed by atoms with Crippen LogP contribution in [0.15, 0.2) is 47.3 Å². The molecule has 8 nitrogen and oxygen atoms in total. The van der Waals surface area contributed by atoms with E-state index < -0.39 is 0 Å². The Morgan fingerprint density at radius 3 is 2.62 bits per heavy atom. The van der Waals surface area contributed by atoms with Gasteiger partial charge in [-0.05, 0) is 31.0 Å². The van der Waals surface area contributed by atoms with Crippen molar-refractivity contribution in [2.75, 3.05) is 30.1 Å². The molecule has 0 aliphatic carbocycles. The molecule has 3 aromatic rings. The van der Waals surface area contributed by atoms with Crippen molar-refractivity contribution in [3.05, 3.63) is 52.8 Å². The highest BCUT2D eigenvalue weighted by atomic mass is 16.7. The zero-order valence-corrected chi connectivity index (χ0v) is 15.8. The Labute approximate surface area is 166 Å². The standard InChI is InChI=1S/C21H20N4O4/c26-19(22-14-7-8-17-18(11-14)29-13-28-17)12-25-21(27)16-6-2-1-5-15(16)20(23-25)24-9-3-4-10-24/h1-2,5-8,11H,3-4,9-10,12-13H2,(H,22,26). The number of hydrogen-bond acceptors (Lipinski definition) is 6. The molecule has 148 valence electrons. The maximum Gasteiger partial charge on any atom is 0.275 e. The summed E-state index contributed by atoms with van der Waals surface area (Å²) in [5.74, 6) is 1.65. The van der Waals surface area contributed by atoms with Gasteiger partial charge in [0.15, 0.2) is 17.3 Å². The van der Waals surface area contributed by atoms with Gasteiger partial charge in [-0.25, -0.2) is 4.68 Å². The second-order valence-corrected chi connectivity index (χ2v) is 7.14. The molecule has 2 aromatic carbocycles. The predicted octanol–water partition coefficient (Wildman–Crippen LogP) is 2.36. The van der Waals surface area contributed by atoms with Gasteiger partial charge >= 0.3 is 0 Å². The summed E-state index contributed by atoms with van der Waals surface area (Å²) < 4.78 is 11.9. The van der Waals surface area contributed by atoms with E-state index >= 15 is 0 Å². The first-order valence-electron chi connectivity index (χ1n) is 9.63. The summed E-state index contributed by atoms with van der Waals surface area (Å²) in [6.45, 7) is 1.80. The fourth-order valence-corrected chi connectivity index (χ4v) is 3.80. The van der Waals surface area contributed by atoms with Crippen LogP contribution in [-0.4, -0.2) is 35.6 Å². The number of carbonyl (C=O) groups is 1. The Hall–Kier alpha value is -3.55. The van der Waals surface area contributed by atoms with Gasteiger partial charge in [-0.2, -0.15) is 5.10 Å². The van der Waals surface area contributed by atoms with Crippen LogP contribution < -0.4 is 25.2 Å². The van der Waals surface area contributed by atoms with Gasteiger partial charge in [0, 0.05) is 30.2 Å². The molecule has 2 aliphatic rings. The van der Waals surface area contributed by atoms with E-state index in [2.05, 4.69) is 15.3 Å². The Bertz CT molecular complexity index is 1150. The van der Waals surface area contributed by atoms with Crippen LogP contribution in [0.2, 0.25) is 0 Å². The van der Waals surface area contributed by atoms with Crippen molar-refractivity contribution in [3.8, 4) is 11.5 Å². The number of amides is 1. The Morgan fingerprint density at radius 2 is 1.79 bits per heavy atom. The average Bonchev–Trinajstić information content (AvgIpc) is 3.41. The summed E-state index contributed by atoms with van der Waals surface area (Å²) >= 11 is 0. The topological polar surface area (TPSA) is 85.7 Å². The second kappa shape index (κ2) is 7.12. The van der Waals surface area contributed by atoms with E-state index in [1.165, 1.54) is 4.68 Å². The minimum Gasteiger partial charge on any atom is -0.454 e. The van der Waals surface area contributed by atoms with Crippen molar-refractivity contribution >= 4 is 28.2 Å². The van der Waals surface area contributed by atoms with E-state index in [1.807, 2.05) is 18.2 Å². The lowest BCUT2D eigenvalue weighted by Crippen LogP contribution is -2.32. The number of rotatable bonds is 4. The van der Waals surface area contributed by atoms with Gasteiger partial charge < -0.3 is 19.7 Å². The van der Waals surface area contributed by atoms with Crippen LogP contribution in [0.3, 0.4) is 0 Å². The number of anilines is 2. The Morgan fingerprint density at radius 1 is 1.03 bits per heavy atom. The molecule has 1 amide bonds. The zero-order valence-electron chi connectivity index (χ0n) is 15.8. The fraction of sp³-hybridized carbons (Fsp3) is 0.286. The van der Waals surface area contributed by atoms with E-state index in [0.717, 1.165) is 37.1 Å². The maximum atomic E-state index is 12.9. The van der Waals surface area contributed by atoms with E-state index in [9.17, 15) is 9.59 Å². The van der Waals surface area contributed by atoms with Gasteiger partial charge in [0.25, 0.3) is 5.56 Å². The molecular weight excluding hydrogens is 372 g/mol. The summed E-state index contributed by atoms with van der Waals surface area (Å²) in [4.78, 5) is 27.7. The van der Waals surface area contributed by atoms with Gasteiger partial charge in [0.1, 0.15) is 6.54 Å². The molecule has 1 aromatic heterocycles. The Kier molecular flexibility index (Phi) is 4.31. The third kappa shape index (κ3) is 3.26. The summed E-state index contributed by atoms with van der Waals surface area (Å²) in [7, 11) is 0. The number of hydrogen-bond donors (Lipinski definition) is 1. The van der Waals surface area contributed by atoms with Crippen molar-refractivity contribution in [2.45, 2.75) is 19.4 Å². The van der Waals surface area contributed by atoms with E-state index in [1.54, 1.807) is 24.3 Å². The molecule has 0 atom stereocenters. The first kappa shape index (κ1) is 17.5. The van der Waals surface area contributed by atoms with Gasteiger partial charge in [0.2, 0.25) is 12.7 Å². The molecule has 3 heterocycles. The molecule has 1 fully saturated rings. The van der Waals surface area contributed by atoms with Crippen LogP contribution in [0.5, 0.6) is 11.5 Å². The molecular formula is C21H20N4O4. The number of aromatic nitrogens is 2. The summed E-state index contributed by atoms with van der Waals surface area (Å²) in [6, 6.07) is 12.6. The van der Waals surface area contributed by atoms with Crippen LogP contribution >= 0.6 is 0 Å². The highest BCUT2D eigenvalue weighted by molar-refractivity contribution is 5.93. The SMILES string of the molecule is O=C(Cn1nc(N2CCCC2)c2ccccc2c1=O)Nc1ccc2c(c1)OCO2. The number of fused-ring (bicyclic) bond motifs is 2. The monoisotopic (exact) mass is 392 g/mol. The average molecular weight is 392 g/mol. The van der Waals surface area contributed by atoms with Crippen LogP contribution in [0.4, 0.5) is 11.5 Å². The summed E-state index contributed by atoms with van der Waals surface area (Å²) in [5, 5.41) is 8.74. The molecule has 0 unspecified atom stereocenters. The van der Waals surface area contributed by atoms with Crippen molar-refractivity contribution in [1.29, 1.82) is 0 Å². The maximum absolute atomic E-state index is 12.9. The molecule has 0 radical (unpaired) electrons. The van der Waals surface area contributed by atoms with Gasteiger partial charge in [-0.3, -0.25) is 9.59 Å². The molecule has 1 N–H and O–H groups in total. The zero-order chi connectivity index (χ0) is 19.8. The molecule has 0 spiro atoms. The third-order valence-corrected chi connectivity index (χ3v) is 5.20. The first-order chi connectivity index (χ1) is 14.2. The van der Waals surface area contributed by atoms with Crippen LogP contribution in [-0.2, 0) is 11.3 Å². The van der Waals surface area contributed by atoms with Gasteiger partial charge in [0.05, 0.1) is 5.39 Å². The largest absolute Gasteiger partial charge is 0.454 e. The number of benzene rings is 2. The second-order valence-electron chi connectivity index (χ2n) is 7.14. The first-order valence-corrected chi connectivity index (χ1v) is 9.63. The lowest BCUT2D eigenvalue weighted by Gasteiger charge is -2.19. The molecule has 0 saturated carbocycles. The van der Waals surface area contributed by atoms with Crippen LogP contribution in [0.1, 0.15) is 12.8 Å². The smallest absolute Gasteiger partial charge is 0.275 e. The van der Waals surface area contributed by atoms with Crippen molar-refractivity contribution in [2.24, 2.45) is 0 Å². The third-order valence-electron chi connectivity index (χ3n) is 5.20. The van der Waals surface area contributed by atoms with Crippen LogP contribution in [0, 0.1) is 0 Å². The fourth-order valence-electron chi connectivity index (χ4n) is 3.80. The van der Waals surface area contributed by atoms with E-state index in [0.29, 0.717) is 22.6 Å². The number of ether oxygens (including phenoxy) is 2. The minimum absolute atomic E-state index is 0.168. The van der Waals surface area contributed by atoms with Crippen molar-refractivity contribution < 1.29 is 14.3 Å². The molecule has 5 rings (SSSR count). The predicted molar refractivity (Wildman–Crippen MR) is 109 cm³/mol. The molecule has 2 aliphatic heterocycles. The van der Waals surface area contributed by atoms with Crippen LogP contribution in [0.25, 0.3) is 10.8 Å². The summed E-state index contributed by atoms with van der Waals surface area (Å²) in [5.41, 5.74) is 0.303. The molecule has 1 saturated heterocycles. The van der Waals surface area contributed by atoms with Crippen molar-refractivity contribution in [3.63, 3.8) is 0 Å². The number of nitrogens with one attached hydrogen (secondary N) is 1. The number of carbonyl (C=O) groups excluding carboxylic acids is 1. The minimum atomic E-state index is -0.332. The molecule has 29 heavy (non-hydrogen) atoms.